The normalized spacial score (nSPS) is 21.9. The second-order valence-corrected chi connectivity index (χ2v) is 4.00. The molecule has 1 aromatic heterocycles. The maximum absolute atomic E-state index is 13.0. The third-order valence-corrected chi connectivity index (χ3v) is 2.83. The first-order valence-electron chi connectivity index (χ1n) is 5.48. The Kier molecular flexibility index (Phi) is 3.08. The fourth-order valence-electron chi connectivity index (χ4n) is 1.67. The molecule has 2 rings (SSSR count). The van der Waals surface area contributed by atoms with Crippen molar-refractivity contribution in [1.82, 2.24) is 15.0 Å². The average molecular weight is 245 g/mol. The van der Waals surface area contributed by atoms with E-state index in [0.717, 1.165) is 4.80 Å². The fraction of sp³-hybridized carbons (Fsp3) is 0.700. The number of hydrogen-bond acceptors (Lipinski definition) is 4. The minimum atomic E-state index is -2.63. The number of rotatable bonds is 4. The third kappa shape index (κ3) is 2.42. The van der Waals surface area contributed by atoms with Crippen LogP contribution in [0.4, 0.5) is 8.78 Å². The summed E-state index contributed by atoms with van der Waals surface area (Å²) in [4.78, 5) is 12.4. The van der Waals surface area contributed by atoms with E-state index in [1.807, 2.05) is 0 Å². The molecular formula is C10H13F2N3O2. The van der Waals surface area contributed by atoms with E-state index in [1.165, 1.54) is 6.20 Å². The molecule has 0 bridgehead atoms. The Morgan fingerprint density at radius 3 is 3.00 bits per heavy atom. The summed E-state index contributed by atoms with van der Waals surface area (Å²) in [5, 5.41) is 7.59. The van der Waals surface area contributed by atoms with Crippen molar-refractivity contribution in [2.75, 3.05) is 6.61 Å². The zero-order valence-electron chi connectivity index (χ0n) is 9.40. The number of esters is 1. The SMILES string of the molecule is CCOC(=O)c1cnn(CC2CCC2(F)F)n1. The van der Waals surface area contributed by atoms with Gasteiger partial charge in [0.2, 0.25) is 0 Å². The van der Waals surface area contributed by atoms with Gasteiger partial charge in [0.15, 0.2) is 5.69 Å². The lowest BCUT2D eigenvalue weighted by atomic mass is 9.81. The van der Waals surface area contributed by atoms with Gasteiger partial charge in [-0.05, 0) is 13.3 Å². The first kappa shape index (κ1) is 11.9. The van der Waals surface area contributed by atoms with E-state index >= 15 is 0 Å². The highest BCUT2D eigenvalue weighted by Gasteiger charge is 2.48. The Morgan fingerprint density at radius 1 is 1.71 bits per heavy atom. The number of carbonyl (C=O) groups is 1. The second-order valence-electron chi connectivity index (χ2n) is 4.00. The molecule has 0 N–H and O–H groups in total. The first-order valence-corrected chi connectivity index (χ1v) is 5.48. The zero-order valence-corrected chi connectivity index (χ0v) is 9.40. The highest BCUT2D eigenvalue weighted by Crippen LogP contribution is 2.43. The molecule has 1 aliphatic carbocycles. The van der Waals surface area contributed by atoms with Gasteiger partial charge in [0.05, 0.1) is 19.3 Å². The van der Waals surface area contributed by atoms with Crippen molar-refractivity contribution in [2.45, 2.75) is 32.2 Å². The molecular weight excluding hydrogens is 232 g/mol. The van der Waals surface area contributed by atoms with E-state index in [1.54, 1.807) is 6.92 Å². The topological polar surface area (TPSA) is 57.0 Å². The molecule has 1 heterocycles. The standard InChI is InChI=1S/C10H13F2N3O2/c1-2-17-9(16)8-5-13-15(14-8)6-7-3-4-10(7,11)12/h5,7H,2-4,6H2,1H3. The number of nitrogens with zero attached hydrogens (tertiary/aromatic N) is 3. The summed E-state index contributed by atoms with van der Waals surface area (Å²) in [7, 11) is 0. The molecule has 1 unspecified atom stereocenters. The monoisotopic (exact) mass is 245 g/mol. The van der Waals surface area contributed by atoms with E-state index < -0.39 is 17.8 Å². The Balaban J connectivity index is 1.97. The van der Waals surface area contributed by atoms with Crippen molar-refractivity contribution in [1.29, 1.82) is 0 Å². The molecule has 1 atom stereocenters. The van der Waals surface area contributed by atoms with Gasteiger partial charge in [0, 0.05) is 12.3 Å². The molecule has 0 spiro atoms. The van der Waals surface area contributed by atoms with Crippen LogP contribution in [0.25, 0.3) is 0 Å². The summed E-state index contributed by atoms with van der Waals surface area (Å²) < 4.78 is 30.8. The molecule has 0 saturated heterocycles. The maximum Gasteiger partial charge on any atom is 0.360 e. The summed E-state index contributed by atoms with van der Waals surface area (Å²) in [5.74, 6) is -3.94. The number of hydrogen-bond donors (Lipinski definition) is 0. The largest absolute Gasteiger partial charge is 0.461 e. The van der Waals surface area contributed by atoms with Crippen LogP contribution in [0.2, 0.25) is 0 Å². The van der Waals surface area contributed by atoms with Crippen LogP contribution < -0.4 is 0 Å². The molecule has 1 aromatic rings. The number of alkyl halides is 2. The summed E-state index contributed by atoms with van der Waals surface area (Å²) in [6.45, 7) is 1.95. The van der Waals surface area contributed by atoms with Crippen LogP contribution in [0.5, 0.6) is 0 Å². The predicted molar refractivity (Wildman–Crippen MR) is 53.6 cm³/mol. The number of carbonyl (C=O) groups excluding carboxylic acids is 1. The van der Waals surface area contributed by atoms with Gasteiger partial charge in [-0.2, -0.15) is 9.90 Å². The molecule has 1 aliphatic rings. The Hall–Kier alpha value is -1.53. The smallest absolute Gasteiger partial charge is 0.360 e. The Labute approximate surface area is 96.7 Å². The van der Waals surface area contributed by atoms with Crippen molar-refractivity contribution >= 4 is 5.97 Å². The molecule has 1 saturated carbocycles. The van der Waals surface area contributed by atoms with Crippen LogP contribution in [-0.2, 0) is 11.3 Å². The quantitative estimate of drug-likeness (QED) is 0.754. The minimum absolute atomic E-state index is 0.0341. The summed E-state index contributed by atoms with van der Waals surface area (Å²) in [6.07, 6.45) is 1.61. The van der Waals surface area contributed by atoms with E-state index in [2.05, 4.69) is 10.2 Å². The Bertz CT molecular complexity index is 419. The van der Waals surface area contributed by atoms with Gasteiger partial charge in [0.1, 0.15) is 0 Å². The van der Waals surface area contributed by atoms with E-state index in [9.17, 15) is 13.6 Å². The third-order valence-electron chi connectivity index (χ3n) is 2.83. The van der Waals surface area contributed by atoms with Gasteiger partial charge in [-0.25, -0.2) is 13.6 Å². The van der Waals surface area contributed by atoms with Gasteiger partial charge in [-0.15, -0.1) is 5.10 Å². The number of ether oxygens (including phenoxy) is 1. The molecule has 0 aliphatic heterocycles. The van der Waals surface area contributed by atoms with Crippen molar-refractivity contribution in [3.8, 4) is 0 Å². The summed E-state index contributed by atoms with van der Waals surface area (Å²) in [5.41, 5.74) is 0.0505. The lowest BCUT2D eigenvalue weighted by Crippen LogP contribution is -2.41. The van der Waals surface area contributed by atoms with E-state index in [0.29, 0.717) is 6.42 Å². The van der Waals surface area contributed by atoms with Gasteiger partial charge in [-0.1, -0.05) is 0 Å². The van der Waals surface area contributed by atoms with Gasteiger partial charge >= 0.3 is 5.97 Å². The van der Waals surface area contributed by atoms with Gasteiger partial charge < -0.3 is 4.74 Å². The summed E-state index contributed by atoms with van der Waals surface area (Å²) >= 11 is 0. The van der Waals surface area contributed by atoms with Crippen LogP contribution in [-0.4, -0.2) is 33.5 Å². The maximum atomic E-state index is 13.0. The highest BCUT2D eigenvalue weighted by molar-refractivity contribution is 5.86. The van der Waals surface area contributed by atoms with Crippen LogP contribution in [0.1, 0.15) is 30.3 Å². The number of aromatic nitrogens is 3. The molecule has 0 amide bonds. The highest BCUT2D eigenvalue weighted by atomic mass is 19.3. The Morgan fingerprint density at radius 2 is 2.47 bits per heavy atom. The lowest BCUT2D eigenvalue weighted by Gasteiger charge is -2.35. The van der Waals surface area contributed by atoms with Crippen LogP contribution in [0, 0.1) is 5.92 Å². The molecule has 7 heteroatoms. The van der Waals surface area contributed by atoms with Crippen molar-refractivity contribution in [2.24, 2.45) is 5.92 Å². The molecule has 94 valence electrons. The molecule has 1 fully saturated rings. The van der Waals surface area contributed by atoms with Crippen molar-refractivity contribution in [3.63, 3.8) is 0 Å². The molecule has 0 radical (unpaired) electrons. The fourth-order valence-corrected chi connectivity index (χ4v) is 1.67. The van der Waals surface area contributed by atoms with E-state index in [4.69, 9.17) is 4.74 Å². The van der Waals surface area contributed by atoms with E-state index in [-0.39, 0.29) is 25.3 Å². The second kappa shape index (κ2) is 4.38. The molecule has 17 heavy (non-hydrogen) atoms. The van der Waals surface area contributed by atoms with Crippen LogP contribution in [0.3, 0.4) is 0 Å². The zero-order chi connectivity index (χ0) is 12.5. The minimum Gasteiger partial charge on any atom is -0.461 e. The first-order chi connectivity index (χ1) is 8.03. The van der Waals surface area contributed by atoms with Gasteiger partial charge in [-0.3, -0.25) is 0 Å². The van der Waals surface area contributed by atoms with Crippen molar-refractivity contribution < 1.29 is 18.3 Å². The average Bonchev–Trinajstić information content (AvgIpc) is 2.73. The van der Waals surface area contributed by atoms with Crippen LogP contribution >= 0.6 is 0 Å². The number of halogens is 2. The lowest BCUT2D eigenvalue weighted by molar-refractivity contribution is -0.139. The predicted octanol–water partition coefficient (Wildman–Crippen LogP) is 1.50. The molecule has 0 aromatic carbocycles. The van der Waals surface area contributed by atoms with Crippen molar-refractivity contribution in [3.05, 3.63) is 11.9 Å². The molecule has 5 nitrogen and oxygen atoms in total. The summed E-state index contributed by atoms with van der Waals surface area (Å²) in [6, 6.07) is 0. The van der Waals surface area contributed by atoms with Gasteiger partial charge in [0.25, 0.3) is 5.92 Å². The van der Waals surface area contributed by atoms with Crippen LogP contribution in [0.15, 0.2) is 6.20 Å².